The van der Waals surface area contributed by atoms with Crippen LogP contribution in [0.2, 0.25) is 0 Å². The lowest BCUT2D eigenvalue weighted by molar-refractivity contribution is -0.139. The zero-order valence-corrected chi connectivity index (χ0v) is 9.99. The molecule has 1 aromatic carbocycles. The standard InChI is InChI=1S/C11H10BrNO3/c12-8-3-1-7(2-4-8)10(14)13-9-5-6-16-11(9)15/h1-4,9H,5-6H2,(H,13,14)/t9-/m0/s1. The number of carbonyl (C=O) groups is 2. The van der Waals surface area contributed by atoms with Gasteiger partial charge in [0.1, 0.15) is 6.04 Å². The molecule has 16 heavy (non-hydrogen) atoms. The molecule has 0 bridgehead atoms. The Hall–Kier alpha value is -1.36. The Morgan fingerprint density at radius 2 is 2.06 bits per heavy atom. The number of ether oxygens (including phenoxy) is 1. The maximum Gasteiger partial charge on any atom is 0.328 e. The van der Waals surface area contributed by atoms with Gasteiger partial charge in [-0.1, -0.05) is 15.9 Å². The van der Waals surface area contributed by atoms with Crippen LogP contribution in [-0.4, -0.2) is 24.5 Å². The van der Waals surface area contributed by atoms with Gasteiger partial charge in [-0.2, -0.15) is 0 Å². The molecular formula is C11H10BrNO3. The first-order valence-electron chi connectivity index (χ1n) is 4.90. The van der Waals surface area contributed by atoms with Crippen LogP contribution in [0.25, 0.3) is 0 Å². The van der Waals surface area contributed by atoms with Crippen LogP contribution in [0, 0.1) is 0 Å². The van der Waals surface area contributed by atoms with Gasteiger partial charge in [-0.15, -0.1) is 0 Å². The Kier molecular flexibility index (Phi) is 3.24. The van der Waals surface area contributed by atoms with Crippen molar-refractivity contribution in [3.8, 4) is 0 Å². The van der Waals surface area contributed by atoms with Gasteiger partial charge in [0, 0.05) is 16.5 Å². The highest BCUT2D eigenvalue weighted by molar-refractivity contribution is 9.10. The number of hydrogen-bond donors (Lipinski definition) is 1. The predicted octanol–water partition coefficient (Wildman–Crippen LogP) is 1.49. The number of halogens is 1. The van der Waals surface area contributed by atoms with Crippen LogP contribution in [-0.2, 0) is 9.53 Å². The topological polar surface area (TPSA) is 55.4 Å². The van der Waals surface area contributed by atoms with Gasteiger partial charge in [0.2, 0.25) is 0 Å². The fraction of sp³-hybridized carbons (Fsp3) is 0.273. The van der Waals surface area contributed by atoms with E-state index in [9.17, 15) is 9.59 Å². The molecule has 1 heterocycles. The van der Waals surface area contributed by atoms with E-state index in [1.54, 1.807) is 24.3 Å². The largest absolute Gasteiger partial charge is 0.464 e. The SMILES string of the molecule is O=C(N[C@H]1CCOC1=O)c1ccc(Br)cc1. The van der Waals surface area contributed by atoms with Crippen molar-refractivity contribution in [2.45, 2.75) is 12.5 Å². The summed E-state index contributed by atoms with van der Waals surface area (Å²) in [5.41, 5.74) is 0.530. The summed E-state index contributed by atoms with van der Waals surface area (Å²) < 4.78 is 5.67. The van der Waals surface area contributed by atoms with Crippen molar-refractivity contribution in [3.63, 3.8) is 0 Å². The van der Waals surface area contributed by atoms with Crippen LogP contribution in [0.3, 0.4) is 0 Å². The van der Waals surface area contributed by atoms with Gasteiger partial charge in [-0.3, -0.25) is 4.79 Å². The maximum absolute atomic E-state index is 11.7. The Morgan fingerprint density at radius 1 is 1.38 bits per heavy atom. The average molecular weight is 284 g/mol. The molecule has 1 N–H and O–H groups in total. The van der Waals surface area contributed by atoms with E-state index in [0.717, 1.165) is 4.47 Å². The number of hydrogen-bond acceptors (Lipinski definition) is 3. The van der Waals surface area contributed by atoms with Gasteiger partial charge in [0.25, 0.3) is 5.91 Å². The number of cyclic esters (lactones) is 1. The Balaban J connectivity index is 2.02. The lowest BCUT2D eigenvalue weighted by Gasteiger charge is -2.08. The molecule has 5 heteroatoms. The number of rotatable bonds is 2. The Morgan fingerprint density at radius 3 is 2.62 bits per heavy atom. The summed E-state index contributed by atoms with van der Waals surface area (Å²) in [7, 11) is 0. The second-order valence-corrected chi connectivity index (χ2v) is 4.40. The molecule has 0 aliphatic carbocycles. The second kappa shape index (κ2) is 4.65. The number of esters is 1. The van der Waals surface area contributed by atoms with Gasteiger partial charge >= 0.3 is 5.97 Å². The molecule has 0 saturated carbocycles. The first kappa shape index (κ1) is 11.1. The lowest BCUT2D eigenvalue weighted by atomic mass is 10.2. The fourth-order valence-electron chi connectivity index (χ4n) is 1.47. The highest BCUT2D eigenvalue weighted by atomic mass is 79.9. The van der Waals surface area contributed by atoms with Crippen LogP contribution in [0.5, 0.6) is 0 Å². The number of benzene rings is 1. The summed E-state index contributed by atoms with van der Waals surface area (Å²) in [6.45, 7) is 0.379. The van der Waals surface area contributed by atoms with E-state index in [1.165, 1.54) is 0 Å². The van der Waals surface area contributed by atoms with E-state index < -0.39 is 6.04 Å². The summed E-state index contributed by atoms with van der Waals surface area (Å²) in [5, 5.41) is 2.64. The van der Waals surface area contributed by atoms with Gasteiger partial charge in [-0.25, -0.2) is 4.79 Å². The predicted molar refractivity (Wildman–Crippen MR) is 61.0 cm³/mol. The van der Waals surface area contributed by atoms with E-state index in [0.29, 0.717) is 18.6 Å². The van der Waals surface area contributed by atoms with Gasteiger partial charge < -0.3 is 10.1 Å². The highest BCUT2D eigenvalue weighted by Gasteiger charge is 2.28. The summed E-state index contributed by atoms with van der Waals surface area (Å²) in [6.07, 6.45) is 0.543. The quantitative estimate of drug-likeness (QED) is 0.837. The van der Waals surface area contributed by atoms with Crippen LogP contribution in [0.15, 0.2) is 28.7 Å². The molecule has 1 atom stereocenters. The zero-order chi connectivity index (χ0) is 11.5. The molecule has 1 saturated heterocycles. The van der Waals surface area contributed by atoms with Crippen LogP contribution in [0.1, 0.15) is 16.8 Å². The average Bonchev–Trinajstić information content (AvgIpc) is 2.65. The van der Waals surface area contributed by atoms with Crippen LogP contribution < -0.4 is 5.32 Å². The Labute approximate surface area is 101 Å². The summed E-state index contributed by atoms with van der Waals surface area (Å²) in [6, 6.07) is 6.44. The van der Waals surface area contributed by atoms with E-state index in [1.807, 2.05) is 0 Å². The molecule has 1 aromatic rings. The molecule has 0 spiro atoms. The lowest BCUT2D eigenvalue weighted by Crippen LogP contribution is -2.37. The molecule has 0 aromatic heterocycles. The normalized spacial score (nSPS) is 19.3. The number of carbonyl (C=O) groups excluding carboxylic acids is 2. The molecule has 1 fully saturated rings. The van der Waals surface area contributed by atoms with Gasteiger partial charge in [0.15, 0.2) is 0 Å². The molecule has 0 unspecified atom stereocenters. The first-order valence-corrected chi connectivity index (χ1v) is 5.69. The first-order chi connectivity index (χ1) is 7.66. The summed E-state index contributed by atoms with van der Waals surface area (Å²) in [4.78, 5) is 22.9. The third-order valence-electron chi connectivity index (χ3n) is 2.35. The highest BCUT2D eigenvalue weighted by Crippen LogP contribution is 2.12. The van der Waals surface area contributed by atoms with E-state index in [-0.39, 0.29) is 11.9 Å². The zero-order valence-electron chi connectivity index (χ0n) is 8.40. The minimum atomic E-state index is -0.504. The van der Waals surface area contributed by atoms with Gasteiger partial charge in [0.05, 0.1) is 6.61 Å². The van der Waals surface area contributed by atoms with Crippen molar-refractivity contribution in [2.75, 3.05) is 6.61 Å². The van der Waals surface area contributed by atoms with Crippen molar-refractivity contribution < 1.29 is 14.3 Å². The molecule has 2 rings (SSSR count). The molecule has 4 nitrogen and oxygen atoms in total. The van der Waals surface area contributed by atoms with Crippen molar-refractivity contribution >= 4 is 27.8 Å². The van der Waals surface area contributed by atoms with Crippen LogP contribution >= 0.6 is 15.9 Å². The molecule has 1 aliphatic rings. The van der Waals surface area contributed by atoms with Crippen molar-refractivity contribution in [1.82, 2.24) is 5.32 Å². The third kappa shape index (κ3) is 2.41. The van der Waals surface area contributed by atoms with Crippen molar-refractivity contribution in [2.24, 2.45) is 0 Å². The minimum absolute atomic E-state index is 0.253. The smallest absolute Gasteiger partial charge is 0.328 e. The maximum atomic E-state index is 11.7. The summed E-state index contributed by atoms with van der Waals surface area (Å²) >= 11 is 3.29. The second-order valence-electron chi connectivity index (χ2n) is 3.49. The van der Waals surface area contributed by atoms with Crippen molar-refractivity contribution in [3.05, 3.63) is 34.3 Å². The number of amides is 1. The Bertz CT molecular complexity index is 416. The minimum Gasteiger partial charge on any atom is -0.464 e. The molecule has 1 aliphatic heterocycles. The van der Waals surface area contributed by atoms with E-state index in [2.05, 4.69) is 21.2 Å². The number of nitrogens with one attached hydrogen (secondary N) is 1. The third-order valence-corrected chi connectivity index (χ3v) is 2.88. The van der Waals surface area contributed by atoms with Crippen LogP contribution in [0.4, 0.5) is 0 Å². The molecular weight excluding hydrogens is 274 g/mol. The molecule has 84 valence electrons. The van der Waals surface area contributed by atoms with E-state index >= 15 is 0 Å². The van der Waals surface area contributed by atoms with Gasteiger partial charge in [-0.05, 0) is 24.3 Å². The molecule has 0 radical (unpaired) electrons. The monoisotopic (exact) mass is 283 g/mol. The summed E-state index contributed by atoms with van der Waals surface area (Å²) in [5.74, 6) is -0.609. The van der Waals surface area contributed by atoms with Crippen molar-refractivity contribution in [1.29, 1.82) is 0 Å². The van der Waals surface area contributed by atoms with E-state index in [4.69, 9.17) is 4.74 Å². The molecule has 1 amide bonds. The fourth-order valence-corrected chi connectivity index (χ4v) is 1.73.